The number of nitrogens with zero attached hydrogens (tertiary/aromatic N) is 3. The third kappa shape index (κ3) is 2.78. The van der Waals surface area contributed by atoms with Crippen molar-refractivity contribution in [1.29, 1.82) is 0 Å². The van der Waals surface area contributed by atoms with Crippen molar-refractivity contribution in [3.05, 3.63) is 34.8 Å². The average Bonchev–Trinajstić information content (AvgIpc) is 3.16. The van der Waals surface area contributed by atoms with Crippen molar-refractivity contribution in [1.82, 2.24) is 24.8 Å². The molecule has 0 spiro atoms. The minimum atomic E-state index is -0.403. The molecule has 1 unspecified atom stereocenters. The molecule has 0 aliphatic carbocycles. The van der Waals surface area contributed by atoms with Gasteiger partial charge >= 0.3 is 5.69 Å². The van der Waals surface area contributed by atoms with Crippen molar-refractivity contribution in [2.75, 3.05) is 20.2 Å². The normalized spacial score (nSPS) is 17.5. The van der Waals surface area contributed by atoms with Crippen LogP contribution in [0.2, 0.25) is 0 Å². The molecule has 0 radical (unpaired) electrons. The van der Waals surface area contributed by atoms with Gasteiger partial charge < -0.3 is 24.3 Å². The number of imidazole rings is 1. The first-order chi connectivity index (χ1) is 10.7. The number of hydrogen-bond acceptors (Lipinski definition) is 6. The summed E-state index contributed by atoms with van der Waals surface area (Å²) in [5.74, 6) is 0.372. The Morgan fingerprint density at radius 1 is 1.36 bits per heavy atom. The maximum absolute atomic E-state index is 12.2. The van der Waals surface area contributed by atoms with E-state index in [1.165, 1.54) is 25.7 Å². The SMILES string of the molecule is COc1nccnc1OC1CCN(C(=O)c2c[nH]c(=O)[nH]2)C1. The quantitative estimate of drug-likeness (QED) is 0.808. The van der Waals surface area contributed by atoms with E-state index in [1.807, 2.05) is 0 Å². The fourth-order valence-electron chi connectivity index (χ4n) is 2.32. The molecule has 9 heteroatoms. The first-order valence-electron chi connectivity index (χ1n) is 6.76. The molecular weight excluding hydrogens is 290 g/mol. The van der Waals surface area contributed by atoms with Gasteiger partial charge in [-0.15, -0.1) is 0 Å². The van der Waals surface area contributed by atoms with Crippen molar-refractivity contribution in [3.63, 3.8) is 0 Å². The van der Waals surface area contributed by atoms with Gasteiger partial charge in [0.2, 0.25) is 0 Å². The van der Waals surface area contributed by atoms with Crippen molar-refractivity contribution >= 4 is 5.91 Å². The summed E-state index contributed by atoms with van der Waals surface area (Å²) in [6, 6.07) is 0. The van der Waals surface area contributed by atoms with Crippen LogP contribution in [0.15, 0.2) is 23.4 Å². The lowest BCUT2D eigenvalue weighted by Gasteiger charge is -2.16. The number of likely N-dealkylation sites (tertiary alicyclic amines) is 1. The first-order valence-corrected chi connectivity index (χ1v) is 6.76. The number of carbonyl (C=O) groups excluding carboxylic acids is 1. The molecule has 1 aliphatic heterocycles. The van der Waals surface area contributed by atoms with E-state index in [9.17, 15) is 9.59 Å². The van der Waals surface area contributed by atoms with Gasteiger partial charge in [-0.3, -0.25) is 4.79 Å². The van der Waals surface area contributed by atoms with Crippen LogP contribution in [-0.2, 0) is 0 Å². The summed E-state index contributed by atoms with van der Waals surface area (Å²) in [4.78, 5) is 37.8. The first kappa shape index (κ1) is 14.1. The molecule has 2 N–H and O–H groups in total. The smallest absolute Gasteiger partial charge is 0.323 e. The number of aromatic amines is 2. The molecule has 3 heterocycles. The van der Waals surface area contributed by atoms with Crippen molar-refractivity contribution < 1.29 is 14.3 Å². The second-order valence-corrected chi connectivity index (χ2v) is 4.81. The Kier molecular flexibility index (Phi) is 3.77. The highest BCUT2D eigenvalue weighted by molar-refractivity contribution is 5.92. The predicted octanol–water partition coefficient (Wildman–Crippen LogP) is -0.205. The van der Waals surface area contributed by atoms with E-state index in [1.54, 1.807) is 4.90 Å². The molecular formula is C13H15N5O4. The lowest BCUT2D eigenvalue weighted by molar-refractivity contribution is 0.0765. The Morgan fingerprint density at radius 2 is 2.14 bits per heavy atom. The second kappa shape index (κ2) is 5.88. The fourth-order valence-corrected chi connectivity index (χ4v) is 2.32. The predicted molar refractivity (Wildman–Crippen MR) is 74.9 cm³/mol. The van der Waals surface area contributed by atoms with Crippen LogP contribution in [0, 0.1) is 0 Å². The molecule has 3 rings (SSSR count). The van der Waals surface area contributed by atoms with Crippen LogP contribution >= 0.6 is 0 Å². The molecule has 1 saturated heterocycles. The second-order valence-electron chi connectivity index (χ2n) is 4.81. The number of amides is 1. The summed E-state index contributed by atoms with van der Waals surface area (Å²) in [7, 11) is 1.49. The summed E-state index contributed by atoms with van der Waals surface area (Å²) in [5.41, 5.74) is -0.164. The van der Waals surface area contributed by atoms with Crippen LogP contribution in [0.4, 0.5) is 0 Å². The highest BCUT2D eigenvalue weighted by Crippen LogP contribution is 2.24. The molecule has 1 amide bonds. The fraction of sp³-hybridized carbons (Fsp3) is 0.385. The van der Waals surface area contributed by atoms with Crippen LogP contribution in [0.25, 0.3) is 0 Å². The number of ether oxygens (including phenoxy) is 2. The number of carbonyl (C=O) groups is 1. The molecule has 9 nitrogen and oxygen atoms in total. The minimum absolute atomic E-state index is 0.194. The Balaban J connectivity index is 1.65. The molecule has 2 aromatic rings. The average molecular weight is 305 g/mol. The summed E-state index contributed by atoms with van der Waals surface area (Å²) in [6.07, 6.45) is 4.86. The lowest BCUT2D eigenvalue weighted by Crippen LogP contribution is -2.31. The van der Waals surface area contributed by atoms with E-state index >= 15 is 0 Å². The molecule has 116 valence electrons. The molecule has 2 aromatic heterocycles. The van der Waals surface area contributed by atoms with Crippen LogP contribution in [0.5, 0.6) is 11.8 Å². The summed E-state index contributed by atoms with van der Waals surface area (Å²) in [6.45, 7) is 0.949. The number of nitrogens with one attached hydrogen (secondary N) is 2. The zero-order valence-electron chi connectivity index (χ0n) is 11.9. The third-order valence-electron chi connectivity index (χ3n) is 3.36. The summed E-state index contributed by atoms with van der Waals surface area (Å²) in [5, 5.41) is 0. The van der Waals surface area contributed by atoms with Gasteiger partial charge in [0.05, 0.1) is 13.7 Å². The summed E-state index contributed by atoms with van der Waals surface area (Å²) < 4.78 is 10.8. The summed E-state index contributed by atoms with van der Waals surface area (Å²) >= 11 is 0. The Labute approximate surface area is 125 Å². The maximum atomic E-state index is 12.2. The van der Waals surface area contributed by atoms with Crippen LogP contribution in [0.1, 0.15) is 16.9 Å². The minimum Gasteiger partial charge on any atom is -0.477 e. The van der Waals surface area contributed by atoms with E-state index in [4.69, 9.17) is 9.47 Å². The van der Waals surface area contributed by atoms with Crippen molar-refractivity contribution in [2.24, 2.45) is 0 Å². The molecule has 22 heavy (non-hydrogen) atoms. The van der Waals surface area contributed by atoms with Gasteiger partial charge in [-0.25, -0.2) is 14.8 Å². The number of methoxy groups -OCH3 is 1. The maximum Gasteiger partial charge on any atom is 0.323 e. The van der Waals surface area contributed by atoms with Gasteiger partial charge in [0.15, 0.2) is 0 Å². The molecule has 1 aliphatic rings. The van der Waals surface area contributed by atoms with E-state index < -0.39 is 5.69 Å². The molecule has 1 atom stereocenters. The van der Waals surface area contributed by atoms with Crippen LogP contribution in [-0.4, -0.2) is 57.0 Å². The zero-order valence-corrected chi connectivity index (χ0v) is 11.9. The highest BCUT2D eigenvalue weighted by Gasteiger charge is 2.30. The number of aromatic nitrogens is 4. The lowest BCUT2D eigenvalue weighted by atomic mass is 10.3. The van der Waals surface area contributed by atoms with Crippen LogP contribution in [0.3, 0.4) is 0 Å². The van der Waals surface area contributed by atoms with Gasteiger partial charge in [0, 0.05) is 31.6 Å². The standard InChI is InChI=1S/C13H15N5O4/c1-21-10-11(15-4-3-14-10)22-8-2-5-18(7-8)12(19)9-6-16-13(20)17-9/h3-4,6,8H,2,5,7H2,1H3,(H2,16,17,20). The zero-order chi connectivity index (χ0) is 15.5. The molecule has 0 saturated carbocycles. The Hall–Kier alpha value is -2.84. The van der Waals surface area contributed by atoms with E-state index in [0.29, 0.717) is 31.3 Å². The van der Waals surface area contributed by atoms with Gasteiger partial charge in [-0.1, -0.05) is 0 Å². The van der Waals surface area contributed by atoms with Crippen LogP contribution < -0.4 is 15.2 Å². The van der Waals surface area contributed by atoms with E-state index in [2.05, 4.69) is 19.9 Å². The van der Waals surface area contributed by atoms with Gasteiger partial charge in [0.25, 0.3) is 17.7 Å². The molecule has 0 bridgehead atoms. The highest BCUT2D eigenvalue weighted by atomic mass is 16.5. The monoisotopic (exact) mass is 305 g/mol. The Bertz CT molecular complexity index is 725. The van der Waals surface area contributed by atoms with E-state index in [-0.39, 0.29) is 17.7 Å². The number of hydrogen-bond donors (Lipinski definition) is 2. The van der Waals surface area contributed by atoms with Gasteiger partial charge in [0.1, 0.15) is 11.8 Å². The number of H-pyrrole nitrogens is 2. The van der Waals surface area contributed by atoms with Gasteiger partial charge in [-0.2, -0.15) is 0 Å². The van der Waals surface area contributed by atoms with Crippen molar-refractivity contribution in [3.8, 4) is 11.8 Å². The van der Waals surface area contributed by atoms with Gasteiger partial charge in [-0.05, 0) is 0 Å². The van der Waals surface area contributed by atoms with E-state index in [0.717, 1.165) is 0 Å². The largest absolute Gasteiger partial charge is 0.477 e. The third-order valence-corrected chi connectivity index (χ3v) is 3.36. The number of rotatable bonds is 4. The molecule has 0 aromatic carbocycles. The molecule has 1 fully saturated rings. The Morgan fingerprint density at radius 3 is 2.82 bits per heavy atom. The topological polar surface area (TPSA) is 113 Å². The van der Waals surface area contributed by atoms with Crippen molar-refractivity contribution in [2.45, 2.75) is 12.5 Å².